The van der Waals surface area contributed by atoms with Gasteiger partial charge >= 0.3 is 0 Å². The van der Waals surface area contributed by atoms with Gasteiger partial charge in [0.05, 0.1) is 0 Å². The smallest absolute Gasteiger partial charge is 0.123 e. The summed E-state index contributed by atoms with van der Waals surface area (Å²) in [5, 5.41) is 0. The Morgan fingerprint density at radius 1 is 1.29 bits per heavy atom. The molecule has 0 heterocycles. The number of hydrogen-bond acceptors (Lipinski definition) is 4. The van der Waals surface area contributed by atoms with E-state index in [4.69, 9.17) is 10.5 Å². The highest BCUT2D eigenvalue weighted by molar-refractivity contribution is 7.98. The highest BCUT2D eigenvalue weighted by Gasteiger charge is 2.02. The van der Waals surface area contributed by atoms with Crippen LogP contribution in [-0.4, -0.2) is 43.7 Å². The number of nitrogens with two attached hydrogens (primary N) is 1. The standard InChI is InChI=1S/C13H22N2OS/c1-15(8-10-17-2)7-9-16-13-6-4-3-5-12(13)11-14/h3-6H,7-11,14H2,1-2H3. The Hall–Kier alpha value is -0.710. The highest BCUT2D eigenvalue weighted by Crippen LogP contribution is 2.16. The topological polar surface area (TPSA) is 38.5 Å². The number of benzene rings is 1. The first kappa shape index (κ1) is 14.4. The third-order valence-electron chi connectivity index (χ3n) is 2.60. The third kappa shape index (κ3) is 5.44. The van der Waals surface area contributed by atoms with E-state index < -0.39 is 0 Å². The molecule has 0 bridgehead atoms. The minimum atomic E-state index is 0.526. The molecule has 3 nitrogen and oxygen atoms in total. The summed E-state index contributed by atoms with van der Waals surface area (Å²) in [4.78, 5) is 2.28. The quantitative estimate of drug-likeness (QED) is 0.768. The van der Waals surface area contributed by atoms with Crippen molar-refractivity contribution in [1.29, 1.82) is 0 Å². The molecule has 17 heavy (non-hydrogen) atoms. The van der Waals surface area contributed by atoms with Crippen LogP contribution in [0.25, 0.3) is 0 Å². The zero-order valence-electron chi connectivity index (χ0n) is 10.7. The molecule has 0 saturated heterocycles. The van der Waals surface area contributed by atoms with Crippen LogP contribution in [0.5, 0.6) is 5.75 Å². The predicted octanol–water partition coefficient (Wildman–Crippen LogP) is 1.82. The van der Waals surface area contributed by atoms with Gasteiger partial charge in [0, 0.05) is 31.0 Å². The third-order valence-corrected chi connectivity index (χ3v) is 3.19. The fourth-order valence-corrected chi connectivity index (χ4v) is 1.98. The van der Waals surface area contributed by atoms with Gasteiger partial charge in [0.25, 0.3) is 0 Å². The molecule has 0 spiro atoms. The van der Waals surface area contributed by atoms with Gasteiger partial charge in [0.15, 0.2) is 0 Å². The Labute approximate surface area is 108 Å². The number of rotatable bonds is 8. The van der Waals surface area contributed by atoms with Crippen LogP contribution in [0.4, 0.5) is 0 Å². The molecule has 0 atom stereocenters. The predicted molar refractivity (Wildman–Crippen MR) is 75.7 cm³/mol. The number of thioether (sulfide) groups is 1. The molecule has 96 valence electrons. The maximum absolute atomic E-state index is 5.75. The SMILES string of the molecule is CSCCN(C)CCOc1ccccc1CN. The van der Waals surface area contributed by atoms with Gasteiger partial charge in [-0.15, -0.1) is 0 Å². The lowest BCUT2D eigenvalue weighted by atomic mass is 10.2. The molecule has 0 unspecified atom stereocenters. The molecule has 1 aromatic carbocycles. The van der Waals surface area contributed by atoms with Crippen molar-refractivity contribution < 1.29 is 4.74 Å². The van der Waals surface area contributed by atoms with Gasteiger partial charge in [-0.1, -0.05) is 18.2 Å². The normalized spacial score (nSPS) is 10.8. The summed E-state index contributed by atoms with van der Waals surface area (Å²) in [5.74, 6) is 2.07. The first-order valence-electron chi connectivity index (χ1n) is 5.86. The van der Waals surface area contributed by atoms with Crippen molar-refractivity contribution in [1.82, 2.24) is 4.90 Å². The van der Waals surface area contributed by atoms with E-state index >= 15 is 0 Å². The van der Waals surface area contributed by atoms with Gasteiger partial charge in [-0.2, -0.15) is 11.8 Å². The molecular weight excluding hydrogens is 232 g/mol. The Morgan fingerprint density at radius 2 is 2.06 bits per heavy atom. The van der Waals surface area contributed by atoms with Gasteiger partial charge in [-0.25, -0.2) is 0 Å². The van der Waals surface area contributed by atoms with E-state index in [0.29, 0.717) is 13.2 Å². The number of nitrogens with zero attached hydrogens (tertiary/aromatic N) is 1. The highest BCUT2D eigenvalue weighted by atomic mass is 32.2. The van der Waals surface area contributed by atoms with Gasteiger partial charge < -0.3 is 15.4 Å². The summed E-state index contributed by atoms with van der Waals surface area (Å²) in [6, 6.07) is 7.95. The summed E-state index contributed by atoms with van der Waals surface area (Å²) >= 11 is 1.87. The fraction of sp³-hybridized carbons (Fsp3) is 0.538. The largest absolute Gasteiger partial charge is 0.492 e. The average Bonchev–Trinajstić information content (AvgIpc) is 2.37. The molecule has 0 fully saturated rings. The van der Waals surface area contributed by atoms with E-state index in [1.807, 2.05) is 36.0 Å². The van der Waals surface area contributed by atoms with Crippen LogP contribution in [0, 0.1) is 0 Å². The van der Waals surface area contributed by atoms with Crippen molar-refractivity contribution in [2.45, 2.75) is 6.54 Å². The molecule has 0 amide bonds. The van der Waals surface area contributed by atoms with Crippen LogP contribution in [0.3, 0.4) is 0 Å². The molecule has 0 radical (unpaired) electrons. The number of ether oxygens (including phenoxy) is 1. The van der Waals surface area contributed by atoms with E-state index in [2.05, 4.69) is 18.2 Å². The molecule has 0 aliphatic heterocycles. The Bertz CT molecular complexity index is 320. The minimum Gasteiger partial charge on any atom is -0.492 e. The van der Waals surface area contributed by atoms with Gasteiger partial charge in [0.1, 0.15) is 12.4 Å². The van der Waals surface area contributed by atoms with Crippen molar-refractivity contribution in [3.63, 3.8) is 0 Å². The van der Waals surface area contributed by atoms with Crippen molar-refractivity contribution in [3.05, 3.63) is 29.8 Å². The van der Waals surface area contributed by atoms with Crippen molar-refractivity contribution in [2.24, 2.45) is 5.73 Å². The van der Waals surface area contributed by atoms with E-state index in [1.54, 1.807) is 0 Å². The van der Waals surface area contributed by atoms with Gasteiger partial charge in [-0.05, 0) is 19.4 Å². The average molecular weight is 254 g/mol. The Kier molecular flexibility index (Phi) is 7.08. The summed E-state index contributed by atoms with van der Waals surface area (Å²) in [6.45, 7) is 3.28. The molecule has 4 heteroatoms. The maximum Gasteiger partial charge on any atom is 0.123 e. The number of hydrogen-bond donors (Lipinski definition) is 1. The fourth-order valence-electron chi connectivity index (χ4n) is 1.48. The van der Waals surface area contributed by atoms with E-state index in [1.165, 1.54) is 0 Å². The lowest BCUT2D eigenvalue weighted by molar-refractivity contribution is 0.243. The molecule has 2 N–H and O–H groups in total. The van der Waals surface area contributed by atoms with Crippen LogP contribution >= 0.6 is 11.8 Å². The molecule has 0 aliphatic rings. The summed E-state index contributed by atoms with van der Waals surface area (Å²) in [5.41, 5.74) is 6.72. The molecular formula is C13H22N2OS. The first-order chi connectivity index (χ1) is 8.27. The van der Waals surface area contributed by atoms with Crippen LogP contribution in [-0.2, 0) is 6.54 Å². The zero-order chi connectivity index (χ0) is 12.5. The lowest BCUT2D eigenvalue weighted by Crippen LogP contribution is -2.26. The summed E-state index contributed by atoms with van der Waals surface area (Å²) in [7, 11) is 2.12. The minimum absolute atomic E-state index is 0.526. The Balaban J connectivity index is 2.30. The van der Waals surface area contributed by atoms with Crippen molar-refractivity contribution in [2.75, 3.05) is 38.8 Å². The molecule has 0 aliphatic carbocycles. The second-order valence-corrected chi connectivity index (χ2v) is 4.94. The van der Waals surface area contributed by atoms with Crippen molar-refractivity contribution >= 4 is 11.8 Å². The van der Waals surface area contributed by atoms with E-state index in [9.17, 15) is 0 Å². The molecule has 0 aromatic heterocycles. The van der Waals surface area contributed by atoms with Crippen LogP contribution in [0.2, 0.25) is 0 Å². The molecule has 0 saturated carbocycles. The van der Waals surface area contributed by atoms with E-state index in [-0.39, 0.29) is 0 Å². The van der Waals surface area contributed by atoms with Crippen LogP contribution in [0.1, 0.15) is 5.56 Å². The maximum atomic E-state index is 5.75. The van der Waals surface area contributed by atoms with Crippen LogP contribution < -0.4 is 10.5 Å². The van der Waals surface area contributed by atoms with Crippen LogP contribution in [0.15, 0.2) is 24.3 Å². The molecule has 1 aromatic rings. The van der Waals surface area contributed by atoms with E-state index in [0.717, 1.165) is 30.2 Å². The first-order valence-corrected chi connectivity index (χ1v) is 7.25. The second-order valence-electron chi connectivity index (χ2n) is 3.96. The summed E-state index contributed by atoms with van der Waals surface area (Å²) < 4.78 is 5.75. The molecule has 1 rings (SSSR count). The Morgan fingerprint density at radius 3 is 2.76 bits per heavy atom. The lowest BCUT2D eigenvalue weighted by Gasteiger charge is -2.17. The second kappa shape index (κ2) is 8.39. The van der Waals surface area contributed by atoms with Gasteiger partial charge in [0.2, 0.25) is 0 Å². The van der Waals surface area contributed by atoms with Crippen molar-refractivity contribution in [3.8, 4) is 5.75 Å². The number of para-hydroxylation sites is 1. The summed E-state index contributed by atoms with van der Waals surface area (Å²) in [6.07, 6.45) is 2.13. The van der Waals surface area contributed by atoms with Gasteiger partial charge in [-0.3, -0.25) is 0 Å². The zero-order valence-corrected chi connectivity index (χ0v) is 11.5. The number of likely N-dealkylation sites (N-methyl/N-ethyl adjacent to an activating group) is 1. The monoisotopic (exact) mass is 254 g/mol.